The van der Waals surface area contributed by atoms with E-state index in [0.717, 1.165) is 0 Å². The van der Waals surface area contributed by atoms with Crippen LogP contribution in [0.2, 0.25) is 0 Å². The summed E-state index contributed by atoms with van der Waals surface area (Å²) >= 11 is 0. The molecule has 0 aromatic heterocycles. The largest absolute Gasteiger partial charge is 0.228 e. The fourth-order valence-corrected chi connectivity index (χ4v) is 1.69. The van der Waals surface area contributed by atoms with E-state index in [2.05, 4.69) is 0 Å². The van der Waals surface area contributed by atoms with E-state index in [4.69, 9.17) is 5.14 Å². The van der Waals surface area contributed by atoms with E-state index < -0.39 is 21.6 Å². The molecule has 0 saturated carbocycles. The van der Waals surface area contributed by atoms with Crippen molar-refractivity contribution in [3.05, 3.63) is 35.1 Å². The summed E-state index contributed by atoms with van der Waals surface area (Å²) in [7, 11) is -3.66. The zero-order chi connectivity index (χ0) is 10.1. The number of aryl methyl sites for hydroxylation is 1. The molecule has 3 nitrogen and oxygen atoms in total. The van der Waals surface area contributed by atoms with E-state index in [1.54, 1.807) is 19.1 Å². The first-order valence-corrected chi connectivity index (χ1v) is 5.36. The summed E-state index contributed by atoms with van der Waals surface area (Å²) in [5.74, 6) is -0.961. The number of nitrogens with two attached hydrogens (primary N) is 1. The molecule has 0 atom stereocenters. The van der Waals surface area contributed by atoms with Crippen molar-refractivity contribution < 1.29 is 12.8 Å². The summed E-state index contributed by atoms with van der Waals surface area (Å²) < 4.78 is 34.6. The summed E-state index contributed by atoms with van der Waals surface area (Å²) in [6.07, 6.45) is 0. The standard InChI is InChI=1S/C8H10FNO2S/c1-6-3-2-4-7(8(6)9)5-13(10,11)12/h2-4H,5H2,1H3,(H2,10,11,12). The van der Waals surface area contributed by atoms with Crippen LogP contribution in [-0.4, -0.2) is 8.42 Å². The maximum absolute atomic E-state index is 13.2. The van der Waals surface area contributed by atoms with Gasteiger partial charge in [0.05, 0.1) is 5.75 Å². The number of primary sulfonamides is 1. The Hall–Kier alpha value is -0.940. The van der Waals surface area contributed by atoms with Crippen LogP contribution in [0.3, 0.4) is 0 Å². The highest BCUT2D eigenvalue weighted by Crippen LogP contribution is 2.13. The summed E-state index contributed by atoms with van der Waals surface area (Å²) in [4.78, 5) is 0. The Morgan fingerprint density at radius 1 is 1.46 bits per heavy atom. The van der Waals surface area contributed by atoms with Gasteiger partial charge < -0.3 is 0 Å². The molecule has 2 N–H and O–H groups in total. The molecule has 1 aromatic rings. The Labute approximate surface area is 76.4 Å². The number of hydrogen-bond donors (Lipinski definition) is 1. The van der Waals surface area contributed by atoms with Crippen molar-refractivity contribution in [2.75, 3.05) is 0 Å². The van der Waals surface area contributed by atoms with Gasteiger partial charge in [0.1, 0.15) is 5.82 Å². The minimum Gasteiger partial charge on any atom is -0.228 e. The second kappa shape index (κ2) is 3.43. The smallest absolute Gasteiger partial charge is 0.213 e. The molecule has 0 bridgehead atoms. The molecule has 0 amide bonds. The van der Waals surface area contributed by atoms with Crippen LogP contribution in [0.4, 0.5) is 4.39 Å². The van der Waals surface area contributed by atoms with Gasteiger partial charge in [-0.25, -0.2) is 17.9 Å². The van der Waals surface area contributed by atoms with Crippen molar-refractivity contribution in [1.29, 1.82) is 0 Å². The normalized spacial score (nSPS) is 11.6. The third-order valence-electron chi connectivity index (χ3n) is 1.63. The van der Waals surface area contributed by atoms with Gasteiger partial charge in [-0.2, -0.15) is 0 Å². The van der Waals surface area contributed by atoms with Crippen LogP contribution in [0, 0.1) is 12.7 Å². The highest BCUT2D eigenvalue weighted by Gasteiger charge is 2.10. The van der Waals surface area contributed by atoms with Gasteiger partial charge in [-0.15, -0.1) is 0 Å². The minimum atomic E-state index is -3.66. The third kappa shape index (κ3) is 2.78. The molecule has 0 unspecified atom stereocenters. The van der Waals surface area contributed by atoms with Crippen LogP contribution >= 0.6 is 0 Å². The maximum Gasteiger partial charge on any atom is 0.213 e. The summed E-state index contributed by atoms with van der Waals surface area (Å²) in [6, 6.07) is 4.58. The lowest BCUT2D eigenvalue weighted by atomic mass is 10.1. The number of hydrogen-bond acceptors (Lipinski definition) is 2. The first-order valence-electron chi connectivity index (χ1n) is 3.64. The first-order chi connectivity index (χ1) is 5.90. The van der Waals surface area contributed by atoms with E-state index in [-0.39, 0.29) is 5.56 Å². The molecule has 0 aliphatic rings. The van der Waals surface area contributed by atoms with Gasteiger partial charge in [0.25, 0.3) is 0 Å². The van der Waals surface area contributed by atoms with Crippen molar-refractivity contribution in [1.82, 2.24) is 0 Å². The van der Waals surface area contributed by atoms with Crippen molar-refractivity contribution in [2.24, 2.45) is 5.14 Å². The third-order valence-corrected chi connectivity index (χ3v) is 2.34. The van der Waals surface area contributed by atoms with Gasteiger partial charge in [-0.1, -0.05) is 18.2 Å². The summed E-state index contributed by atoms with van der Waals surface area (Å²) in [5, 5.41) is 4.79. The van der Waals surface area contributed by atoms with Crippen LogP contribution in [0.1, 0.15) is 11.1 Å². The monoisotopic (exact) mass is 203 g/mol. The lowest BCUT2D eigenvalue weighted by molar-refractivity contribution is 0.586. The van der Waals surface area contributed by atoms with Crippen LogP contribution in [-0.2, 0) is 15.8 Å². The quantitative estimate of drug-likeness (QED) is 0.777. The fraction of sp³-hybridized carbons (Fsp3) is 0.250. The van der Waals surface area contributed by atoms with E-state index in [1.807, 2.05) is 0 Å². The van der Waals surface area contributed by atoms with Crippen molar-refractivity contribution in [2.45, 2.75) is 12.7 Å². The molecule has 0 spiro atoms. The summed E-state index contributed by atoms with van der Waals surface area (Å²) in [5.41, 5.74) is 0.531. The zero-order valence-corrected chi connectivity index (χ0v) is 7.94. The molecule has 0 aliphatic heterocycles. The van der Waals surface area contributed by atoms with Crippen LogP contribution in [0.25, 0.3) is 0 Å². The van der Waals surface area contributed by atoms with E-state index in [1.165, 1.54) is 6.07 Å². The molecule has 0 saturated heterocycles. The van der Waals surface area contributed by atoms with Gasteiger partial charge in [-0.05, 0) is 12.5 Å². The Kier molecular flexibility index (Phi) is 2.68. The van der Waals surface area contributed by atoms with Crippen molar-refractivity contribution >= 4 is 10.0 Å². The fourth-order valence-electron chi connectivity index (χ4n) is 1.04. The van der Waals surface area contributed by atoms with E-state index in [0.29, 0.717) is 5.56 Å². The minimum absolute atomic E-state index is 0.113. The van der Waals surface area contributed by atoms with Crippen LogP contribution < -0.4 is 5.14 Å². The van der Waals surface area contributed by atoms with Gasteiger partial charge in [0, 0.05) is 5.56 Å². The van der Waals surface area contributed by atoms with Crippen LogP contribution in [0.15, 0.2) is 18.2 Å². The molecular weight excluding hydrogens is 193 g/mol. The van der Waals surface area contributed by atoms with Gasteiger partial charge in [0.2, 0.25) is 10.0 Å². The Bertz CT molecular complexity index is 414. The predicted octanol–water partition coefficient (Wildman–Crippen LogP) is 0.923. The SMILES string of the molecule is Cc1cccc(CS(N)(=O)=O)c1F. The molecule has 0 radical (unpaired) electrons. The van der Waals surface area contributed by atoms with E-state index in [9.17, 15) is 12.8 Å². The second-order valence-corrected chi connectivity index (χ2v) is 4.47. The topological polar surface area (TPSA) is 60.2 Å². The molecule has 0 heterocycles. The number of sulfonamides is 1. The Morgan fingerprint density at radius 3 is 2.62 bits per heavy atom. The van der Waals surface area contributed by atoms with Crippen molar-refractivity contribution in [3.8, 4) is 0 Å². The maximum atomic E-state index is 13.2. The predicted molar refractivity (Wildman–Crippen MR) is 47.9 cm³/mol. The lowest BCUT2D eigenvalue weighted by Crippen LogP contribution is -2.15. The molecule has 0 aliphatic carbocycles. The molecule has 13 heavy (non-hydrogen) atoms. The highest BCUT2D eigenvalue weighted by molar-refractivity contribution is 7.88. The molecule has 1 rings (SSSR count). The molecule has 1 aromatic carbocycles. The number of halogens is 1. The van der Waals surface area contributed by atoms with Crippen LogP contribution in [0.5, 0.6) is 0 Å². The second-order valence-electron chi connectivity index (χ2n) is 2.86. The number of rotatable bonds is 2. The average molecular weight is 203 g/mol. The molecular formula is C8H10FNO2S. The Balaban J connectivity index is 3.10. The number of benzene rings is 1. The first kappa shape index (κ1) is 10.1. The molecule has 5 heteroatoms. The summed E-state index contributed by atoms with van der Waals surface area (Å²) in [6.45, 7) is 1.57. The lowest BCUT2D eigenvalue weighted by Gasteiger charge is -2.03. The molecule has 72 valence electrons. The Morgan fingerprint density at radius 2 is 2.08 bits per heavy atom. The van der Waals surface area contributed by atoms with Gasteiger partial charge >= 0.3 is 0 Å². The molecule has 0 fully saturated rings. The van der Waals surface area contributed by atoms with E-state index >= 15 is 0 Å². The van der Waals surface area contributed by atoms with Gasteiger partial charge in [-0.3, -0.25) is 0 Å². The van der Waals surface area contributed by atoms with Gasteiger partial charge in [0.15, 0.2) is 0 Å². The zero-order valence-electron chi connectivity index (χ0n) is 7.12. The average Bonchev–Trinajstić information content (AvgIpc) is 1.96. The highest BCUT2D eigenvalue weighted by atomic mass is 32.2. The van der Waals surface area contributed by atoms with Crippen molar-refractivity contribution in [3.63, 3.8) is 0 Å².